The number of rotatable bonds is 6. The monoisotopic (exact) mass is 209 g/mol. The van der Waals surface area contributed by atoms with Crippen LogP contribution >= 0.6 is 0 Å². The highest BCUT2D eigenvalue weighted by atomic mass is 16.3. The molecule has 0 aromatic carbocycles. The lowest BCUT2D eigenvalue weighted by Crippen LogP contribution is -2.28. The molecule has 0 radical (unpaired) electrons. The van der Waals surface area contributed by atoms with E-state index in [1.54, 1.807) is 6.26 Å². The topological polar surface area (TPSA) is 36.6 Å². The molecule has 1 fully saturated rings. The van der Waals surface area contributed by atoms with Gasteiger partial charge in [0.2, 0.25) is 0 Å². The van der Waals surface area contributed by atoms with Gasteiger partial charge >= 0.3 is 0 Å². The zero-order valence-corrected chi connectivity index (χ0v) is 9.28. The Balaban J connectivity index is 1.89. The van der Waals surface area contributed by atoms with Gasteiger partial charge in [0.1, 0.15) is 5.76 Å². The lowest BCUT2D eigenvalue weighted by Gasteiger charge is -2.20. The molecule has 0 spiro atoms. The van der Waals surface area contributed by atoms with E-state index in [9.17, 15) is 0 Å². The van der Waals surface area contributed by atoms with Crippen LogP contribution in [0.1, 0.15) is 24.2 Å². The second-order valence-electron chi connectivity index (χ2n) is 4.43. The first-order valence-corrected chi connectivity index (χ1v) is 5.66. The number of aliphatic hydroxyl groups is 1. The van der Waals surface area contributed by atoms with Crippen LogP contribution in [0.25, 0.3) is 0 Å². The lowest BCUT2D eigenvalue weighted by molar-refractivity contribution is 0.175. The van der Waals surface area contributed by atoms with Gasteiger partial charge in [0, 0.05) is 13.1 Å². The summed E-state index contributed by atoms with van der Waals surface area (Å²) < 4.78 is 5.42. The fraction of sp³-hybridized carbons (Fsp3) is 0.667. The predicted octanol–water partition coefficient (Wildman–Crippen LogP) is 1.79. The predicted molar refractivity (Wildman–Crippen MR) is 58.5 cm³/mol. The maximum atomic E-state index is 9.00. The second kappa shape index (κ2) is 4.81. The Morgan fingerprint density at radius 3 is 2.87 bits per heavy atom. The van der Waals surface area contributed by atoms with Crippen molar-refractivity contribution in [3.05, 3.63) is 23.7 Å². The van der Waals surface area contributed by atoms with E-state index < -0.39 is 0 Å². The molecule has 84 valence electrons. The van der Waals surface area contributed by atoms with E-state index in [0.717, 1.165) is 31.3 Å². The van der Waals surface area contributed by atoms with Gasteiger partial charge in [-0.25, -0.2) is 0 Å². The van der Waals surface area contributed by atoms with Gasteiger partial charge < -0.3 is 9.52 Å². The van der Waals surface area contributed by atoms with Crippen molar-refractivity contribution in [1.82, 2.24) is 4.90 Å². The molecule has 0 atom stereocenters. The molecule has 1 heterocycles. The fourth-order valence-electron chi connectivity index (χ4n) is 1.81. The van der Waals surface area contributed by atoms with Gasteiger partial charge in [-0.2, -0.15) is 0 Å². The zero-order valence-electron chi connectivity index (χ0n) is 9.28. The van der Waals surface area contributed by atoms with Crippen molar-refractivity contribution in [2.75, 3.05) is 19.7 Å². The van der Waals surface area contributed by atoms with Crippen LogP contribution in [0.4, 0.5) is 0 Å². The van der Waals surface area contributed by atoms with Crippen LogP contribution in [-0.2, 0) is 6.54 Å². The van der Waals surface area contributed by atoms with Gasteiger partial charge in [-0.05, 0) is 37.3 Å². The number of hydrogen-bond donors (Lipinski definition) is 1. The molecule has 1 aliphatic rings. The Morgan fingerprint density at radius 1 is 1.53 bits per heavy atom. The van der Waals surface area contributed by atoms with Gasteiger partial charge in [-0.15, -0.1) is 0 Å². The maximum absolute atomic E-state index is 9.00. The van der Waals surface area contributed by atoms with Gasteiger partial charge in [0.05, 0.1) is 19.4 Å². The van der Waals surface area contributed by atoms with Gasteiger partial charge in [-0.3, -0.25) is 4.90 Å². The Labute approximate surface area is 90.7 Å². The van der Waals surface area contributed by atoms with E-state index in [2.05, 4.69) is 11.8 Å². The van der Waals surface area contributed by atoms with Gasteiger partial charge in [0.15, 0.2) is 0 Å². The summed E-state index contributed by atoms with van der Waals surface area (Å²) in [6.45, 7) is 4.97. The normalized spacial score (nSPS) is 16.2. The third-order valence-corrected chi connectivity index (χ3v) is 2.96. The van der Waals surface area contributed by atoms with Crippen LogP contribution in [-0.4, -0.2) is 29.7 Å². The molecule has 0 amide bonds. The van der Waals surface area contributed by atoms with E-state index >= 15 is 0 Å². The van der Waals surface area contributed by atoms with E-state index in [1.165, 1.54) is 18.4 Å². The SMILES string of the molecule is Cc1ccoc1CN(CCO)CC1CC1. The summed E-state index contributed by atoms with van der Waals surface area (Å²) in [4.78, 5) is 2.28. The van der Waals surface area contributed by atoms with E-state index in [1.807, 2.05) is 6.07 Å². The van der Waals surface area contributed by atoms with Crippen molar-refractivity contribution in [3.8, 4) is 0 Å². The highest BCUT2D eigenvalue weighted by Crippen LogP contribution is 2.30. The van der Waals surface area contributed by atoms with Crippen LogP contribution in [0.15, 0.2) is 16.7 Å². The minimum absolute atomic E-state index is 0.229. The Morgan fingerprint density at radius 2 is 2.33 bits per heavy atom. The summed E-state index contributed by atoms with van der Waals surface area (Å²) in [5.41, 5.74) is 1.20. The molecular formula is C12H19NO2. The molecule has 0 unspecified atom stereocenters. The van der Waals surface area contributed by atoms with Crippen molar-refractivity contribution in [3.63, 3.8) is 0 Å². The molecule has 0 aliphatic heterocycles. The lowest BCUT2D eigenvalue weighted by atomic mass is 10.2. The van der Waals surface area contributed by atoms with Crippen molar-refractivity contribution < 1.29 is 9.52 Å². The minimum Gasteiger partial charge on any atom is -0.468 e. The summed E-state index contributed by atoms with van der Waals surface area (Å²) in [5, 5.41) is 9.00. The summed E-state index contributed by atoms with van der Waals surface area (Å²) in [6.07, 6.45) is 4.43. The summed E-state index contributed by atoms with van der Waals surface area (Å²) in [7, 11) is 0. The fourth-order valence-corrected chi connectivity index (χ4v) is 1.81. The molecule has 1 saturated carbocycles. The first kappa shape index (κ1) is 10.7. The van der Waals surface area contributed by atoms with E-state index in [0.29, 0.717) is 0 Å². The highest BCUT2D eigenvalue weighted by Gasteiger charge is 2.24. The van der Waals surface area contributed by atoms with Crippen LogP contribution in [0.3, 0.4) is 0 Å². The molecule has 2 rings (SSSR count). The van der Waals surface area contributed by atoms with Crippen LogP contribution < -0.4 is 0 Å². The smallest absolute Gasteiger partial charge is 0.120 e. The van der Waals surface area contributed by atoms with Gasteiger partial charge in [-0.1, -0.05) is 0 Å². The third-order valence-electron chi connectivity index (χ3n) is 2.96. The van der Waals surface area contributed by atoms with Gasteiger partial charge in [0.25, 0.3) is 0 Å². The molecule has 1 aromatic rings. The Bertz CT molecular complexity index is 304. The standard InChI is InChI=1S/C12H19NO2/c1-10-4-7-15-12(10)9-13(5-6-14)8-11-2-3-11/h4,7,11,14H,2-3,5-6,8-9H2,1H3. The number of hydrogen-bond acceptors (Lipinski definition) is 3. The average Bonchev–Trinajstić information content (AvgIpc) is 2.92. The van der Waals surface area contributed by atoms with Crippen molar-refractivity contribution in [1.29, 1.82) is 0 Å². The summed E-state index contributed by atoms with van der Waals surface area (Å²) in [5.74, 6) is 1.89. The Hall–Kier alpha value is -0.800. The zero-order chi connectivity index (χ0) is 10.7. The molecule has 1 N–H and O–H groups in total. The molecule has 3 nitrogen and oxygen atoms in total. The van der Waals surface area contributed by atoms with E-state index in [-0.39, 0.29) is 6.61 Å². The number of aliphatic hydroxyl groups excluding tert-OH is 1. The molecule has 0 saturated heterocycles. The minimum atomic E-state index is 0.229. The van der Waals surface area contributed by atoms with Crippen molar-refractivity contribution in [2.45, 2.75) is 26.3 Å². The molecule has 0 bridgehead atoms. The molecular weight excluding hydrogens is 190 g/mol. The van der Waals surface area contributed by atoms with Crippen LogP contribution in [0.5, 0.6) is 0 Å². The number of aryl methyl sites for hydroxylation is 1. The van der Waals surface area contributed by atoms with Crippen LogP contribution in [0, 0.1) is 12.8 Å². The highest BCUT2D eigenvalue weighted by molar-refractivity contribution is 5.14. The largest absolute Gasteiger partial charge is 0.468 e. The number of furan rings is 1. The quantitative estimate of drug-likeness (QED) is 0.776. The average molecular weight is 209 g/mol. The molecule has 1 aromatic heterocycles. The first-order valence-electron chi connectivity index (χ1n) is 5.66. The summed E-state index contributed by atoms with van der Waals surface area (Å²) >= 11 is 0. The van der Waals surface area contributed by atoms with E-state index in [4.69, 9.17) is 9.52 Å². The molecule has 15 heavy (non-hydrogen) atoms. The van der Waals surface area contributed by atoms with Crippen molar-refractivity contribution in [2.24, 2.45) is 5.92 Å². The van der Waals surface area contributed by atoms with Crippen molar-refractivity contribution >= 4 is 0 Å². The summed E-state index contributed by atoms with van der Waals surface area (Å²) in [6, 6.07) is 1.99. The maximum Gasteiger partial charge on any atom is 0.120 e. The first-order chi connectivity index (χ1) is 7.29. The molecule has 1 aliphatic carbocycles. The number of nitrogens with zero attached hydrogens (tertiary/aromatic N) is 1. The second-order valence-corrected chi connectivity index (χ2v) is 4.43. The third kappa shape index (κ3) is 3.08. The molecule has 3 heteroatoms. The van der Waals surface area contributed by atoms with Crippen LogP contribution in [0.2, 0.25) is 0 Å². The Kier molecular flexibility index (Phi) is 3.44.